The van der Waals surface area contributed by atoms with Crippen molar-refractivity contribution in [3.63, 3.8) is 0 Å². The van der Waals surface area contributed by atoms with Gasteiger partial charge in [-0.3, -0.25) is 4.79 Å². The maximum atomic E-state index is 11.6. The Morgan fingerprint density at radius 2 is 2.27 bits per heavy atom. The number of hydrogen-bond donors (Lipinski definition) is 2. The average Bonchev–Trinajstić information content (AvgIpc) is 2.16. The van der Waals surface area contributed by atoms with Gasteiger partial charge in [0.25, 0.3) is 5.91 Å². The van der Waals surface area contributed by atoms with Crippen molar-refractivity contribution >= 4 is 21.8 Å². The Balaban J connectivity index is 1.93. The van der Waals surface area contributed by atoms with E-state index in [9.17, 15) is 4.79 Å². The van der Waals surface area contributed by atoms with Gasteiger partial charge in [0.2, 0.25) is 0 Å². The van der Waals surface area contributed by atoms with E-state index in [0.717, 1.165) is 0 Å². The van der Waals surface area contributed by atoms with E-state index in [4.69, 9.17) is 5.11 Å². The Hall–Kier alpha value is -0.940. The number of rotatable bonds is 2. The number of carbonyl (C=O) groups is 1. The maximum Gasteiger partial charge on any atom is 0.253 e. The van der Waals surface area contributed by atoms with E-state index in [2.05, 4.69) is 26.2 Å². The second-order valence-electron chi connectivity index (χ2n) is 3.67. The highest BCUT2D eigenvalue weighted by molar-refractivity contribution is 9.10. The molecule has 15 heavy (non-hydrogen) atoms. The van der Waals surface area contributed by atoms with Gasteiger partial charge in [0, 0.05) is 12.2 Å². The number of halogens is 1. The van der Waals surface area contributed by atoms with Gasteiger partial charge in [-0.15, -0.1) is 0 Å². The third kappa shape index (κ3) is 2.54. The van der Waals surface area contributed by atoms with Crippen molar-refractivity contribution in [2.45, 2.75) is 25.0 Å². The normalized spacial score (nSPS) is 24.4. The molecule has 1 aliphatic rings. The molecule has 0 radical (unpaired) electrons. The van der Waals surface area contributed by atoms with Crippen LogP contribution >= 0.6 is 15.9 Å². The molecule has 5 heteroatoms. The smallest absolute Gasteiger partial charge is 0.253 e. The number of aromatic nitrogens is 1. The number of hydrogen-bond acceptors (Lipinski definition) is 3. The van der Waals surface area contributed by atoms with Crippen LogP contribution in [0.1, 0.15) is 23.2 Å². The van der Waals surface area contributed by atoms with E-state index >= 15 is 0 Å². The topological polar surface area (TPSA) is 62.2 Å². The highest BCUT2D eigenvalue weighted by Crippen LogP contribution is 2.19. The van der Waals surface area contributed by atoms with Crippen molar-refractivity contribution in [1.82, 2.24) is 10.3 Å². The molecule has 1 fully saturated rings. The van der Waals surface area contributed by atoms with Gasteiger partial charge < -0.3 is 10.4 Å². The van der Waals surface area contributed by atoms with Crippen LogP contribution in [0.3, 0.4) is 0 Å². The van der Waals surface area contributed by atoms with Gasteiger partial charge in [0.15, 0.2) is 0 Å². The summed E-state index contributed by atoms with van der Waals surface area (Å²) in [6.45, 7) is 0. The summed E-state index contributed by atoms with van der Waals surface area (Å²) in [5.74, 6) is -0.132. The molecule has 2 rings (SSSR count). The highest BCUT2D eigenvalue weighted by atomic mass is 79.9. The van der Waals surface area contributed by atoms with Gasteiger partial charge in [0.05, 0.1) is 11.7 Å². The van der Waals surface area contributed by atoms with Crippen molar-refractivity contribution in [1.29, 1.82) is 0 Å². The molecule has 1 amide bonds. The zero-order valence-electron chi connectivity index (χ0n) is 7.98. The fourth-order valence-corrected chi connectivity index (χ4v) is 1.72. The average molecular weight is 271 g/mol. The van der Waals surface area contributed by atoms with E-state index in [-0.39, 0.29) is 18.1 Å². The van der Waals surface area contributed by atoms with Gasteiger partial charge in [-0.1, -0.05) is 0 Å². The minimum absolute atomic E-state index is 0.108. The number of nitrogens with one attached hydrogen (secondary N) is 1. The largest absolute Gasteiger partial charge is 0.393 e. The van der Waals surface area contributed by atoms with Crippen molar-refractivity contribution in [2.24, 2.45) is 0 Å². The van der Waals surface area contributed by atoms with Crippen LogP contribution in [-0.4, -0.2) is 28.1 Å². The van der Waals surface area contributed by atoms with Crippen LogP contribution in [0.5, 0.6) is 0 Å². The van der Waals surface area contributed by atoms with Crippen LogP contribution in [0.25, 0.3) is 0 Å². The predicted molar refractivity (Wildman–Crippen MR) is 58.4 cm³/mol. The molecule has 0 atom stereocenters. The summed E-state index contributed by atoms with van der Waals surface area (Å²) in [5, 5.41) is 11.9. The fourth-order valence-electron chi connectivity index (χ4n) is 1.48. The summed E-state index contributed by atoms with van der Waals surface area (Å²) in [6, 6.07) is 3.54. The summed E-state index contributed by atoms with van der Waals surface area (Å²) in [5.41, 5.74) is 0.541. The number of aliphatic hydroxyl groups is 1. The summed E-state index contributed by atoms with van der Waals surface area (Å²) >= 11 is 3.20. The first-order valence-electron chi connectivity index (χ1n) is 4.75. The zero-order chi connectivity index (χ0) is 10.8. The molecule has 1 heterocycles. The minimum atomic E-state index is -0.252. The van der Waals surface area contributed by atoms with Crippen LogP contribution in [-0.2, 0) is 0 Å². The lowest BCUT2D eigenvalue weighted by atomic mass is 9.89. The maximum absolute atomic E-state index is 11.6. The molecule has 0 aromatic carbocycles. The zero-order valence-corrected chi connectivity index (χ0v) is 9.57. The van der Waals surface area contributed by atoms with Gasteiger partial charge in [-0.25, -0.2) is 4.98 Å². The fraction of sp³-hybridized carbons (Fsp3) is 0.400. The first-order valence-corrected chi connectivity index (χ1v) is 5.55. The molecule has 1 aliphatic carbocycles. The summed E-state index contributed by atoms with van der Waals surface area (Å²) < 4.78 is 0.707. The second-order valence-corrected chi connectivity index (χ2v) is 4.48. The lowest BCUT2D eigenvalue weighted by Gasteiger charge is -2.31. The molecule has 80 valence electrons. The van der Waals surface area contributed by atoms with Crippen LogP contribution in [0.2, 0.25) is 0 Å². The Morgan fingerprint density at radius 3 is 2.80 bits per heavy atom. The van der Waals surface area contributed by atoms with Crippen molar-refractivity contribution in [2.75, 3.05) is 0 Å². The molecule has 1 saturated carbocycles. The number of nitrogens with zero attached hydrogens (tertiary/aromatic N) is 1. The molecule has 0 spiro atoms. The molecule has 1 aromatic heterocycles. The van der Waals surface area contributed by atoms with Gasteiger partial charge in [-0.2, -0.15) is 0 Å². The van der Waals surface area contributed by atoms with Gasteiger partial charge in [0.1, 0.15) is 4.60 Å². The standard InChI is InChI=1S/C10H11BrN2O2/c11-9-2-1-6(5-12-9)10(15)13-7-3-8(14)4-7/h1-2,5,7-8,14H,3-4H2,(H,13,15). The molecule has 0 aliphatic heterocycles. The number of carbonyl (C=O) groups excluding carboxylic acids is 1. The quantitative estimate of drug-likeness (QED) is 0.792. The Morgan fingerprint density at radius 1 is 1.53 bits per heavy atom. The van der Waals surface area contributed by atoms with Crippen LogP contribution in [0.4, 0.5) is 0 Å². The SMILES string of the molecule is O=C(NC1CC(O)C1)c1ccc(Br)nc1. The first kappa shape index (κ1) is 10.6. The highest BCUT2D eigenvalue weighted by Gasteiger charge is 2.28. The van der Waals surface area contributed by atoms with E-state index in [1.54, 1.807) is 12.1 Å². The Bertz CT molecular complexity index is 360. The van der Waals surface area contributed by atoms with E-state index < -0.39 is 0 Å². The predicted octanol–water partition coefficient (Wildman–Crippen LogP) is 1.10. The minimum Gasteiger partial charge on any atom is -0.393 e. The van der Waals surface area contributed by atoms with Crippen LogP contribution in [0.15, 0.2) is 22.9 Å². The summed E-state index contributed by atoms with van der Waals surface area (Å²) in [4.78, 5) is 15.6. The Labute approximate surface area is 95.8 Å². The molecule has 0 bridgehead atoms. The lowest BCUT2D eigenvalue weighted by Crippen LogP contribution is -2.46. The van der Waals surface area contributed by atoms with Crippen LogP contribution < -0.4 is 5.32 Å². The van der Waals surface area contributed by atoms with E-state index in [1.807, 2.05) is 0 Å². The number of pyridine rings is 1. The van der Waals surface area contributed by atoms with Gasteiger partial charge in [-0.05, 0) is 40.9 Å². The second kappa shape index (κ2) is 4.28. The lowest BCUT2D eigenvalue weighted by molar-refractivity contribution is 0.0562. The molecule has 0 unspecified atom stereocenters. The monoisotopic (exact) mass is 270 g/mol. The molecular formula is C10H11BrN2O2. The summed E-state index contributed by atoms with van der Waals surface area (Å²) in [6.07, 6.45) is 2.57. The molecule has 0 saturated heterocycles. The van der Waals surface area contributed by atoms with E-state index in [0.29, 0.717) is 23.0 Å². The first-order chi connectivity index (χ1) is 7.15. The molecule has 2 N–H and O–H groups in total. The molecule has 1 aromatic rings. The van der Waals surface area contributed by atoms with Gasteiger partial charge >= 0.3 is 0 Å². The number of amides is 1. The van der Waals surface area contributed by atoms with Crippen molar-refractivity contribution < 1.29 is 9.90 Å². The third-order valence-electron chi connectivity index (χ3n) is 2.44. The van der Waals surface area contributed by atoms with Crippen molar-refractivity contribution in [3.05, 3.63) is 28.5 Å². The summed E-state index contributed by atoms with van der Waals surface area (Å²) in [7, 11) is 0. The molecular weight excluding hydrogens is 260 g/mol. The Kier molecular flexibility index (Phi) is 3.02. The van der Waals surface area contributed by atoms with E-state index in [1.165, 1.54) is 6.20 Å². The number of aliphatic hydroxyl groups excluding tert-OH is 1. The molecule has 4 nitrogen and oxygen atoms in total. The van der Waals surface area contributed by atoms with Crippen molar-refractivity contribution in [3.8, 4) is 0 Å². The van der Waals surface area contributed by atoms with Crippen LogP contribution in [0, 0.1) is 0 Å². The third-order valence-corrected chi connectivity index (χ3v) is 2.91.